The van der Waals surface area contributed by atoms with E-state index in [4.69, 9.17) is 23.4 Å². The van der Waals surface area contributed by atoms with Gasteiger partial charge in [0.05, 0.1) is 4.90 Å². The lowest BCUT2D eigenvalue weighted by atomic mass is 10.4. The highest BCUT2D eigenvalue weighted by Gasteiger charge is 2.40. The van der Waals surface area contributed by atoms with Gasteiger partial charge in [0.2, 0.25) is 9.84 Å². The van der Waals surface area contributed by atoms with Crippen molar-refractivity contribution in [3.8, 4) is 0 Å². The number of rotatable bonds is 5. The summed E-state index contributed by atoms with van der Waals surface area (Å²) in [4.78, 5) is 0.191. The van der Waals surface area contributed by atoms with Crippen molar-refractivity contribution in [2.24, 2.45) is 0 Å². The molecule has 0 N–H and O–H groups in total. The van der Waals surface area contributed by atoms with Crippen LogP contribution in [-0.2, 0) is 21.6 Å². The van der Waals surface area contributed by atoms with E-state index >= 15 is 0 Å². The van der Waals surface area contributed by atoms with Crippen LogP contribution in [0.2, 0.25) is 0 Å². The summed E-state index contributed by atoms with van der Waals surface area (Å²) in [7, 11) is -3.78. The Morgan fingerprint density at radius 2 is 1.08 bits per heavy atom. The highest BCUT2D eigenvalue weighted by atomic mass is 35.5. The normalized spacial score (nSPS) is 13.3. The third-order valence-corrected chi connectivity index (χ3v) is 14.0. The lowest BCUT2D eigenvalue weighted by Crippen LogP contribution is -2.28. The quantitative estimate of drug-likeness (QED) is 0.472. The van der Waals surface area contributed by atoms with E-state index in [9.17, 15) is 8.42 Å². The van der Waals surface area contributed by atoms with Crippen molar-refractivity contribution in [3.05, 3.63) is 91.0 Å². The smallest absolute Gasteiger partial charge is 0.200 e. The largest absolute Gasteiger partial charge is 0.222 e. The molecule has 0 fully saturated rings. The third-order valence-electron chi connectivity index (χ3n) is 3.89. The van der Waals surface area contributed by atoms with E-state index in [2.05, 4.69) is 0 Å². The first kappa shape index (κ1) is 18.3. The number of alkyl halides is 1. The van der Waals surface area contributed by atoms with Crippen LogP contribution in [0, 0.1) is 0 Å². The summed E-state index contributed by atoms with van der Waals surface area (Å²) in [6.45, 7) is 0. The first-order valence-electron chi connectivity index (χ1n) is 7.61. The zero-order valence-corrected chi connectivity index (χ0v) is 16.5. The van der Waals surface area contributed by atoms with Crippen molar-refractivity contribution in [1.29, 1.82) is 0 Å². The Bertz CT molecular complexity index is 948. The molecule has 6 heteroatoms. The molecule has 2 nitrogen and oxygen atoms in total. The zero-order chi connectivity index (χ0) is 17.9. The summed E-state index contributed by atoms with van der Waals surface area (Å²) in [5, 5.41) is 1.58. The van der Waals surface area contributed by atoms with Crippen LogP contribution in [0.25, 0.3) is 0 Å². The van der Waals surface area contributed by atoms with Gasteiger partial charge in [-0.3, -0.25) is 0 Å². The van der Waals surface area contributed by atoms with Crippen molar-refractivity contribution >= 4 is 49.9 Å². The second-order valence-electron chi connectivity index (χ2n) is 5.48. The molecule has 0 aromatic heterocycles. The van der Waals surface area contributed by atoms with Gasteiger partial charge in [0.25, 0.3) is 0 Å². The minimum atomic E-state index is -3.78. The summed E-state index contributed by atoms with van der Waals surface area (Å²) in [5.41, 5.74) is 0. The van der Waals surface area contributed by atoms with E-state index in [0.29, 0.717) is 0 Å². The molecule has 3 aromatic carbocycles. The summed E-state index contributed by atoms with van der Waals surface area (Å²) < 4.78 is 25.1. The van der Waals surface area contributed by atoms with Crippen LogP contribution in [0.1, 0.15) is 0 Å². The van der Waals surface area contributed by atoms with Crippen LogP contribution in [0.4, 0.5) is 0 Å². The highest BCUT2D eigenvalue weighted by Crippen LogP contribution is 2.54. The summed E-state index contributed by atoms with van der Waals surface area (Å²) >= 11 is 12.6. The number of hydrogen-bond acceptors (Lipinski definition) is 3. The first-order valence-corrected chi connectivity index (χ1v) is 12.5. The van der Waals surface area contributed by atoms with E-state index in [1.54, 1.807) is 30.3 Å². The molecule has 0 aliphatic rings. The fraction of sp³-hybridized carbons (Fsp3) is 0.0526. The van der Waals surface area contributed by atoms with Crippen LogP contribution in [0.15, 0.2) is 95.9 Å². The molecule has 1 atom stereocenters. The Hall–Kier alpha value is -1.45. The minimum absolute atomic E-state index is 0.191. The van der Waals surface area contributed by atoms with Gasteiger partial charge in [0.15, 0.2) is 4.45 Å². The van der Waals surface area contributed by atoms with Crippen LogP contribution < -0.4 is 10.6 Å². The molecule has 0 spiro atoms. The molecule has 0 amide bonds. The maximum atomic E-state index is 13.2. The Morgan fingerprint density at radius 3 is 1.48 bits per heavy atom. The SMILES string of the molecule is O=S(=O)(c1ccccc1)[C@@H](Cl)P(=S)(c1ccccc1)c1ccccc1. The fourth-order valence-corrected chi connectivity index (χ4v) is 10.8. The van der Waals surface area contributed by atoms with Crippen LogP contribution in [0.3, 0.4) is 0 Å². The van der Waals surface area contributed by atoms with Crippen molar-refractivity contribution in [2.75, 3.05) is 0 Å². The standard InChI is InChI=1S/C19H16ClO2PS2/c20-19(25(21,22)18-14-8-3-9-15-18)23(24,16-10-4-1-5-11-16)17-12-6-2-7-13-17/h1-15,19H/t19-/m0/s1. The zero-order valence-electron chi connectivity index (χ0n) is 13.2. The Morgan fingerprint density at radius 1 is 0.720 bits per heavy atom. The third kappa shape index (κ3) is 3.45. The average Bonchev–Trinajstić information content (AvgIpc) is 2.68. The summed E-state index contributed by atoms with van der Waals surface area (Å²) in [6, 6.07) is 24.1. The van der Waals surface area contributed by atoms with Crippen LogP contribution in [-0.4, -0.2) is 12.9 Å². The maximum absolute atomic E-state index is 13.2. The molecule has 3 aromatic rings. The second kappa shape index (κ2) is 7.43. The number of benzene rings is 3. The lowest BCUT2D eigenvalue weighted by molar-refractivity contribution is 0.599. The van der Waals surface area contributed by atoms with Crippen LogP contribution >= 0.6 is 17.6 Å². The maximum Gasteiger partial charge on any atom is 0.200 e. The number of halogens is 1. The lowest BCUT2D eigenvalue weighted by Gasteiger charge is -2.28. The molecule has 128 valence electrons. The predicted octanol–water partition coefficient (Wildman–Crippen LogP) is 4.11. The topological polar surface area (TPSA) is 34.1 Å². The molecule has 3 rings (SSSR count). The highest BCUT2D eigenvalue weighted by molar-refractivity contribution is 8.27. The van der Waals surface area contributed by atoms with E-state index < -0.39 is 20.3 Å². The molecule has 0 unspecified atom stereocenters. The molecular weight excluding hydrogens is 391 g/mol. The van der Waals surface area contributed by atoms with E-state index in [1.807, 2.05) is 60.7 Å². The first-order chi connectivity index (χ1) is 12.0. The van der Waals surface area contributed by atoms with Gasteiger partial charge in [-0.05, 0) is 22.7 Å². The van der Waals surface area contributed by atoms with Gasteiger partial charge in [-0.1, -0.05) is 102 Å². The summed E-state index contributed by atoms with van der Waals surface area (Å²) in [6.07, 6.45) is 0. The van der Waals surface area contributed by atoms with Gasteiger partial charge < -0.3 is 0 Å². The monoisotopic (exact) mass is 406 g/mol. The summed E-state index contributed by atoms with van der Waals surface area (Å²) in [5.74, 6) is 0. The molecule has 0 heterocycles. The van der Waals surface area contributed by atoms with Crippen molar-refractivity contribution < 1.29 is 8.42 Å². The minimum Gasteiger partial charge on any atom is -0.222 e. The van der Waals surface area contributed by atoms with Gasteiger partial charge in [-0.25, -0.2) is 8.42 Å². The molecule has 0 radical (unpaired) electrons. The van der Waals surface area contributed by atoms with Gasteiger partial charge >= 0.3 is 0 Å². The predicted molar refractivity (Wildman–Crippen MR) is 110 cm³/mol. The van der Waals surface area contributed by atoms with Gasteiger partial charge in [0.1, 0.15) is 0 Å². The molecule has 0 aliphatic carbocycles. The number of sulfone groups is 1. The fourth-order valence-electron chi connectivity index (χ4n) is 2.60. The van der Waals surface area contributed by atoms with Gasteiger partial charge in [0, 0.05) is 6.04 Å². The molecular formula is C19H16ClO2PS2. The van der Waals surface area contributed by atoms with Crippen molar-refractivity contribution in [1.82, 2.24) is 0 Å². The van der Waals surface area contributed by atoms with Gasteiger partial charge in [-0.15, -0.1) is 0 Å². The molecule has 0 bridgehead atoms. The Labute approximate surface area is 158 Å². The van der Waals surface area contributed by atoms with Crippen molar-refractivity contribution in [2.45, 2.75) is 9.35 Å². The Balaban J connectivity index is 2.21. The molecule has 0 saturated carbocycles. The van der Waals surface area contributed by atoms with E-state index in [0.717, 1.165) is 10.6 Å². The van der Waals surface area contributed by atoms with Gasteiger partial charge in [-0.2, -0.15) is 0 Å². The van der Waals surface area contributed by atoms with Crippen LogP contribution in [0.5, 0.6) is 0 Å². The van der Waals surface area contributed by atoms with Crippen molar-refractivity contribution in [3.63, 3.8) is 0 Å². The van der Waals surface area contributed by atoms with E-state index in [1.165, 1.54) is 0 Å². The molecule has 0 saturated heterocycles. The second-order valence-corrected chi connectivity index (χ2v) is 13.5. The van der Waals surface area contributed by atoms with E-state index in [-0.39, 0.29) is 4.90 Å². The number of hydrogen-bond donors (Lipinski definition) is 0. The average molecular weight is 407 g/mol. The molecule has 25 heavy (non-hydrogen) atoms. The molecule has 0 aliphatic heterocycles. The Kier molecular flexibility index (Phi) is 5.45.